The summed E-state index contributed by atoms with van der Waals surface area (Å²) in [5, 5.41) is 7.96. The Labute approximate surface area is 119 Å². The van der Waals surface area contributed by atoms with Crippen LogP contribution in [0.2, 0.25) is 0 Å². The van der Waals surface area contributed by atoms with E-state index < -0.39 is 0 Å². The normalized spacial score (nSPS) is 16.2. The summed E-state index contributed by atoms with van der Waals surface area (Å²) < 4.78 is 7.23. The molecule has 0 aliphatic heterocycles. The summed E-state index contributed by atoms with van der Waals surface area (Å²) in [7, 11) is 1.77. The third-order valence-corrected chi connectivity index (χ3v) is 3.83. The highest BCUT2D eigenvalue weighted by molar-refractivity contribution is 5.40. The van der Waals surface area contributed by atoms with Gasteiger partial charge in [-0.1, -0.05) is 18.2 Å². The van der Waals surface area contributed by atoms with Crippen LogP contribution in [0, 0.1) is 5.92 Å². The van der Waals surface area contributed by atoms with Crippen LogP contribution in [0.15, 0.2) is 42.7 Å². The quantitative estimate of drug-likeness (QED) is 0.840. The number of ether oxygens (including phenoxy) is 1. The smallest absolute Gasteiger partial charge is 0.0690 e. The minimum atomic E-state index is 0.464. The lowest BCUT2D eigenvalue weighted by atomic mass is 10.1. The van der Waals surface area contributed by atoms with Crippen molar-refractivity contribution in [2.75, 3.05) is 13.7 Å². The Balaban J connectivity index is 1.71. The molecule has 3 rings (SSSR count). The van der Waals surface area contributed by atoms with Crippen molar-refractivity contribution >= 4 is 0 Å². The van der Waals surface area contributed by atoms with Crippen molar-refractivity contribution in [3.05, 3.63) is 48.3 Å². The van der Waals surface area contributed by atoms with Crippen LogP contribution in [-0.4, -0.2) is 29.5 Å². The first-order valence-electron chi connectivity index (χ1n) is 7.18. The molecule has 1 saturated carbocycles. The van der Waals surface area contributed by atoms with Crippen molar-refractivity contribution < 1.29 is 4.74 Å². The van der Waals surface area contributed by atoms with Crippen molar-refractivity contribution in [1.82, 2.24) is 15.1 Å². The summed E-state index contributed by atoms with van der Waals surface area (Å²) in [6, 6.07) is 10.8. The lowest BCUT2D eigenvalue weighted by Crippen LogP contribution is -2.34. The monoisotopic (exact) mass is 271 g/mol. The molecule has 1 N–H and O–H groups in total. The SMILES string of the molecule is COCC(NCc1ccccc1-n1cccn1)C1CC1. The third-order valence-electron chi connectivity index (χ3n) is 3.83. The average molecular weight is 271 g/mol. The Kier molecular flexibility index (Phi) is 4.14. The summed E-state index contributed by atoms with van der Waals surface area (Å²) in [6.45, 7) is 1.63. The van der Waals surface area contributed by atoms with Crippen LogP contribution >= 0.6 is 0 Å². The summed E-state index contributed by atoms with van der Waals surface area (Å²) in [5.74, 6) is 0.784. The van der Waals surface area contributed by atoms with Crippen LogP contribution in [0.5, 0.6) is 0 Å². The molecule has 106 valence electrons. The predicted molar refractivity (Wildman–Crippen MR) is 78.8 cm³/mol. The number of aromatic nitrogens is 2. The summed E-state index contributed by atoms with van der Waals surface area (Å²) in [5.41, 5.74) is 2.40. The Bertz CT molecular complexity index is 534. The molecule has 0 spiro atoms. The van der Waals surface area contributed by atoms with Gasteiger partial charge in [0, 0.05) is 32.1 Å². The number of hydrogen-bond acceptors (Lipinski definition) is 3. The van der Waals surface area contributed by atoms with Gasteiger partial charge in [-0.2, -0.15) is 5.10 Å². The number of nitrogens with one attached hydrogen (secondary N) is 1. The number of para-hydroxylation sites is 1. The standard InChI is InChI=1S/C16H21N3O/c1-20-12-15(13-7-8-13)17-11-14-5-2-3-6-16(14)19-10-4-9-18-19/h2-6,9-10,13,15,17H,7-8,11-12H2,1H3. The summed E-state index contributed by atoms with van der Waals surface area (Å²) >= 11 is 0. The van der Waals surface area contributed by atoms with E-state index >= 15 is 0 Å². The van der Waals surface area contributed by atoms with Gasteiger partial charge in [-0.3, -0.25) is 0 Å². The zero-order valence-corrected chi connectivity index (χ0v) is 11.8. The van der Waals surface area contributed by atoms with Gasteiger partial charge in [-0.25, -0.2) is 4.68 Å². The lowest BCUT2D eigenvalue weighted by molar-refractivity contribution is 0.157. The minimum absolute atomic E-state index is 0.464. The molecule has 4 heteroatoms. The van der Waals surface area contributed by atoms with E-state index in [-0.39, 0.29) is 0 Å². The molecule has 4 nitrogen and oxygen atoms in total. The molecule has 20 heavy (non-hydrogen) atoms. The van der Waals surface area contributed by atoms with Crippen LogP contribution in [0.1, 0.15) is 18.4 Å². The fourth-order valence-corrected chi connectivity index (χ4v) is 2.58. The predicted octanol–water partition coefficient (Wildman–Crippen LogP) is 2.39. The Morgan fingerprint density at radius 3 is 2.90 bits per heavy atom. The number of nitrogens with zero attached hydrogens (tertiary/aromatic N) is 2. The van der Waals surface area contributed by atoms with Crippen LogP contribution in [0.3, 0.4) is 0 Å². The molecule has 1 unspecified atom stereocenters. The second-order valence-corrected chi connectivity index (χ2v) is 5.36. The minimum Gasteiger partial charge on any atom is -0.383 e. The van der Waals surface area contributed by atoms with Gasteiger partial charge in [-0.05, 0) is 36.5 Å². The topological polar surface area (TPSA) is 39.1 Å². The highest BCUT2D eigenvalue weighted by Crippen LogP contribution is 2.33. The van der Waals surface area contributed by atoms with E-state index in [0.717, 1.165) is 24.8 Å². The van der Waals surface area contributed by atoms with Gasteiger partial charge >= 0.3 is 0 Å². The van der Waals surface area contributed by atoms with Crippen LogP contribution in [0.25, 0.3) is 5.69 Å². The van der Waals surface area contributed by atoms with E-state index in [1.54, 1.807) is 7.11 Å². The molecule has 1 heterocycles. The first-order chi connectivity index (χ1) is 9.88. The molecule has 0 amide bonds. The maximum absolute atomic E-state index is 5.32. The Morgan fingerprint density at radius 2 is 2.20 bits per heavy atom. The molecular weight excluding hydrogens is 250 g/mol. The molecular formula is C16H21N3O. The molecule has 0 radical (unpaired) electrons. The second kappa shape index (κ2) is 6.20. The first kappa shape index (κ1) is 13.3. The van der Waals surface area contributed by atoms with Crippen molar-refractivity contribution in [2.24, 2.45) is 5.92 Å². The zero-order valence-electron chi connectivity index (χ0n) is 11.8. The van der Waals surface area contributed by atoms with Gasteiger partial charge in [0.2, 0.25) is 0 Å². The van der Waals surface area contributed by atoms with E-state index in [9.17, 15) is 0 Å². The molecule has 1 aromatic carbocycles. The highest BCUT2D eigenvalue weighted by Gasteiger charge is 2.30. The average Bonchev–Trinajstić information content (AvgIpc) is 3.18. The van der Waals surface area contributed by atoms with E-state index in [2.05, 4.69) is 28.6 Å². The third kappa shape index (κ3) is 3.08. The summed E-state index contributed by atoms with van der Waals surface area (Å²) in [4.78, 5) is 0. The van der Waals surface area contributed by atoms with E-state index in [0.29, 0.717) is 6.04 Å². The van der Waals surface area contributed by atoms with Crippen molar-refractivity contribution in [3.8, 4) is 5.69 Å². The van der Waals surface area contributed by atoms with E-state index in [4.69, 9.17) is 4.74 Å². The number of methoxy groups -OCH3 is 1. The maximum atomic E-state index is 5.32. The molecule has 1 aromatic heterocycles. The lowest BCUT2D eigenvalue weighted by Gasteiger charge is -2.18. The van der Waals surface area contributed by atoms with Gasteiger partial charge < -0.3 is 10.1 Å². The van der Waals surface area contributed by atoms with Gasteiger partial charge in [0.15, 0.2) is 0 Å². The van der Waals surface area contributed by atoms with Crippen molar-refractivity contribution in [3.63, 3.8) is 0 Å². The molecule has 2 aromatic rings. The number of benzene rings is 1. The molecule has 1 atom stereocenters. The van der Waals surface area contributed by atoms with Gasteiger partial charge in [0.1, 0.15) is 0 Å². The molecule has 1 fully saturated rings. The van der Waals surface area contributed by atoms with Crippen LogP contribution in [0.4, 0.5) is 0 Å². The second-order valence-electron chi connectivity index (χ2n) is 5.36. The fourth-order valence-electron chi connectivity index (χ4n) is 2.58. The molecule has 0 bridgehead atoms. The van der Waals surface area contributed by atoms with Gasteiger partial charge in [0.05, 0.1) is 12.3 Å². The van der Waals surface area contributed by atoms with Crippen LogP contribution < -0.4 is 5.32 Å². The Hall–Kier alpha value is -1.65. The summed E-state index contributed by atoms with van der Waals surface area (Å²) in [6.07, 6.45) is 6.43. The van der Waals surface area contributed by atoms with Crippen molar-refractivity contribution in [1.29, 1.82) is 0 Å². The fraction of sp³-hybridized carbons (Fsp3) is 0.438. The maximum Gasteiger partial charge on any atom is 0.0690 e. The first-order valence-corrected chi connectivity index (χ1v) is 7.18. The van der Waals surface area contributed by atoms with E-state index in [1.807, 2.05) is 29.2 Å². The van der Waals surface area contributed by atoms with Gasteiger partial charge in [0.25, 0.3) is 0 Å². The van der Waals surface area contributed by atoms with Crippen LogP contribution in [-0.2, 0) is 11.3 Å². The molecule has 1 aliphatic carbocycles. The van der Waals surface area contributed by atoms with Gasteiger partial charge in [-0.15, -0.1) is 0 Å². The zero-order chi connectivity index (χ0) is 13.8. The number of rotatable bonds is 7. The molecule has 1 aliphatic rings. The largest absolute Gasteiger partial charge is 0.383 e. The van der Waals surface area contributed by atoms with E-state index in [1.165, 1.54) is 18.4 Å². The number of hydrogen-bond donors (Lipinski definition) is 1. The Morgan fingerprint density at radius 1 is 1.35 bits per heavy atom. The molecule has 0 saturated heterocycles. The highest BCUT2D eigenvalue weighted by atomic mass is 16.5. The van der Waals surface area contributed by atoms with Crippen molar-refractivity contribution in [2.45, 2.75) is 25.4 Å².